The van der Waals surface area contributed by atoms with Gasteiger partial charge in [-0.25, -0.2) is 9.59 Å². The van der Waals surface area contributed by atoms with Crippen LogP contribution in [0.2, 0.25) is 0 Å². The molecule has 2 fully saturated rings. The second kappa shape index (κ2) is 10.7. The maximum Gasteiger partial charge on any atom is 0.349 e. The van der Waals surface area contributed by atoms with Gasteiger partial charge in [0.2, 0.25) is 11.8 Å². The molecular weight excluding hydrogens is 570 g/mol. The molecule has 2 saturated heterocycles. The summed E-state index contributed by atoms with van der Waals surface area (Å²) < 4.78 is 4.72. The Morgan fingerprint density at radius 1 is 0.953 bits per heavy atom. The van der Waals surface area contributed by atoms with Crippen molar-refractivity contribution in [2.75, 3.05) is 5.32 Å². The van der Waals surface area contributed by atoms with Crippen LogP contribution in [-0.4, -0.2) is 55.9 Å². The van der Waals surface area contributed by atoms with E-state index in [1.807, 2.05) is 42.5 Å². The van der Waals surface area contributed by atoms with Crippen molar-refractivity contribution in [1.82, 2.24) is 10.2 Å². The van der Waals surface area contributed by atoms with E-state index < -0.39 is 51.5 Å². The molecule has 2 aliphatic rings. The molecule has 3 heterocycles. The number of carbonyl (C=O) groups is 4. The van der Waals surface area contributed by atoms with E-state index in [1.54, 1.807) is 44.2 Å². The molecule has 0 saturated carbocycles. The Hall–Kier alpha value is -4.90. The molecule has 3 atom stereocenters. The number of hydrogen-bond donors (Lipinski definition) is 3. The molecule has 0 aliphatic carbocycles. The Bertz CT molecular complexity index is 1850. The number of carboxylic acid groups (broad SMARTS) is 1. The fraction of sp³-hybridized carbons (Fsp3) is 0.219. The molecule has 3 aromatic carbocycles. The highest BCUT2D eigenvalue weighted by Gasteiger charge is 2.64. The third kappa shape index (κ3) is 5.16. The Morgan fingerprint density at radius 2 is 1.67 bits per heavy atom. The van der Waals surface area contributed by atoms with Crippen LogP contribution in [-0.2, 0) is 20.8 Å². The van der Waals surface area contributed by atoms with Crippen LogP contribution in [0.4, 0.5) is 5.69 Å². The van der Waals surface area contributed by atoms with Gasteiger partial charge in [-0.3, -0.25) is 14.4 Å². The molecule has 2 aliphatic heterocycles. The number of fused-ring (bicyclic) bond motifs is 2. The number of benzene rings is 3. The number of hydrogen-bond acceptors (Lipinski definition) is 7. The lowest BCUT2D eigenvalue weighted by Gasteiger charge is -2.43. The average Bonchev–Trinajstić information content (AvgIpc) is 3.24. The fourth-order valence-corrected chi connectivity index (χ4v) is 7.25. The lowest BCUT2D eigenvalue weighted by atomic mass is 9.96. The number of aliphatic carboxylic acids is 1. The van der Waals surface area contributed by atoms with Crippen molar-refractivity contribution in [3.8, 4) is 11.1 Å². The van der Waals surface area contributed by atoms with Crippen molar-refractivity contribution in [2.45, 2.75) is 42.5 Å². The molecule has 1 aromatic heterocycles. The number of anilines is 1. The SMILES string of the molecule is CC1(C)S[C@@H]2C(NC(=O)Cc3ccccc3NC(=O)c3cc4cc(-c5ccccc5)ccc4oc3=O)C(=O)N2[C@H]1C(=O)O. The monoisotopic (exact) mass is 597 g/mol. The molecule has 0 spiro atoms. The molecule has 0 bridgehead atoms. The lowest BCUT2D eigenvalue weighted by molar-refractivity contribution is -0.161. The number of amides is 3. The molecule has 6 rings (SSSR count). The molecular formula is C32H27N3O7S. The van der Waals surface area contributed by atoms with E-state index in [2.05, 4.69) is 10.6 Å². The summed E-state index contributed by atoms with van der Waals surface area (Å²) in [5.74, 6) is -2.68. The second-order valence-corrected chi connectivity index (χ2v) is 12.8. The normalized spacial score (nSPS) is 20.3. The Kier molecular flexibility index (Phi) is 7.05. The van der Waals surface area contributed by atoms with Crippen LogP contribution in [0.1, 0.15) is 29.8 Å². The third-order valence-corrected chi connectivity index (χ3v) is 9.26. The first-order valence-corrected chi connectivity index (χ1v) is 14.5. The summed E-state index contributed by atoms with van der Waals surface area (Å²) >= 11 is 1.34. The van der Waals surface area contributed by atoms with Gasteiger partial charge in [0.1, 0.15) is 28.6 Å². The first-order chi connectivity index (χ1) is 20.5. The number of carboxylic acids is 1. The van der Waals surface area contributed by atoms with Gasteiger partial charge in [0.05, 0.1) is 6.42 Å². The fourth-order valence-electron chi connectivity index (χ4n) is 5.62. The maximum atomic E-state index is 13.2. The van der Waals surface area contributed by atoms with Crippen molar-refractivity contribution in [2.24, 2.45) is 0 Å². The Labute approximate surface area is 250 Å². The van der Waals surface area contributed by atoms with Crippen LogP contribution in [0.15, 0.2) is 88.1 Å². The minimum atomic E-state index is -1.08. The number of carbonyl (C=O) groups excluding carboxylic acids is 3. The Balaban J connectivity index is 1.17. The number of para-hydroxylation sites is 1. The van der Waals surface area contributed by atoms with E-state index in [0.29, 0.717) is 22.2 Å². The summed E-state index contributed by atoms with van der Waals surface area (Å²) in [6.45, 7) is 3.52. The van der Waals surface area contributed by atoms with Crippen molar-refractivity contribution >= 4 is 52.1 Å². The summed E-state index contributed by atoms with van der Waals surface area (Å²) in [4.78, 5) is 64.8. The summed E-state index contributed by atoms with van der Waals surface area (Å²) in [7, 11) is 0. The van der Waals surface area contributed by atoms with E-state index in [-0.39, 0.29) is 12.0 Å². The smallest absolute Gasteiger partial charge is 0.349 e. The number of rotatable bonds is 7. The quantitative estimate of drug-likeness (QED) is 0.215. The zero-order chi connectivity index (χ0) is 30.5. The van der Waals surface area contributed by atoms with Gasteiger partial charge in [0, 0.05) is 15.8 Å². The molecule has 11 heteroatoms. The maximum absolute atomic E-state index is 13.2. The molecule has 10 nitrogen and oxygen atoms in total. The molecule has 218 valence electrons. The predicted octanol–water partition coefficient (Wildman–Crippen LogP) is 3.89. The first-order valence-electron chi connectivity index (χ1n) is 13.6. The van der Waals surface area contributed by atoms with Crippen LogP contribution in [0.25, 0.3) is 22.1 Å². The molecule has 1 unspecified atom stereocenters. The van der Waals surface area contributed by atoms with E-state index in [1.165, 1.54) is 22.7 Å². The van der Waals surface area contributed by atoms with E-state index >= 15 is 0 Å². The van der Waals surface area contributed by atoms with E-state index in [4.69, 9.17) is 4.42 Å². The number of nitrogens with one attached hydrogen (secondary N) is 2. The Morgan fingerprint density at radius 3 is 2.42 bits per heavy atom. The highest BCUT2D eigenvalue weighted by molar-refractivity contribution is 8.01. The third-order valence-electron chi connectivity index (χ3n) is 7.69. The minimum absolute atomic E-state index is 0.157. The number of β-lactam (4-membered cyclic amide) rings is 1. The zero-order valence-electron chi connectivity index (χ0n) is 23.2. The highest BCUT2D eigenvalue weighted by atomic mass is 32.2. The molecule has 4 aromatic rings. The van der Waals surface area contributed by atoms with Gasteiger partial charge in [0.15, 0.2) is 0 Å². The predicted molar refractivity (Wildman–Crippen MR) is 162 cm³/mol. The van der Waals surface area contributed by atoms with Crippen LogP contribution in [0, 0.1) is 0 Å². The standard InChI is InChI=1S/C32H27N3O7S/c1-32(2)26(30(39)40)35-28(38)25(29(35)43-32)34-24(36)16-19-10-6-7-11-22(19)33-27(37)21-15-20-14-18(17-8-4-3-5-9-17)12-13-23(20)42-31(21)41/h3-15,25-26,29H,16H2,1-2H3,(H,33,37)(H,34,36)(H,39,40)/t25?,26-,29+/m0/s1. The number of nitrogens with zero attached hydrogens (tertiary/aromatic N) is 1. The van der Waals surface area contributed by atoms with Crippen molar-refractivity contribution in [3.05, 3.63) is 100 Å². The summed E-state index contributed by atoms with van der Waals surface area (Å²) in [5.41, 5.74) is 2.03. The van der Waals surface area contributed by atoms with Gasteiger partial charge >= 0.3 is 11.6 Å². The van der Waals surface area contributed by atoms with E-state index in [9.17, 15) is 29.1 Å². The van der Waals surface area contributed by atoms with Crippen molar-refractivity contribution < 1.29 is 28.7 Å². The highest BCUT2D eigenvalue weighted by Crippen LogP contribution is 2.50. The zero-order valence-corrected chi connectivity index (χ0v) is 24.0. The van der Waals surface area contributed by atoms with Crippen LogP contribution >= 0.6 is 11.8 Å². The van der Waals surface area contributed by atoms with Crippen LogP contribution < -0.4 is 16.3 Å². The molecule has 0 radical (unpaired) electrons. The van der Waals surface area contributed by atoms with Gasteiger partial charge in [-0.1, -0.05) is 54.6 Å². The van der Waals surface area contributed by atoms with Gasteiger partial charge in [-0.2, -0.15) is 0 Å². The minimum Gasteiger partial charge on any atom is -0.480 e. The largest absolute Gasteiger partial charge is 0.480 e. The number of thioether (sulfide) groups is 1. The molecule has 3 N–H and O–H groups in total. The van der Waals surface area contributed by atoms with Gasteiger partial charge in [0.25, 0.3) is 5.91 Å². The summed E-state index contributed by atoms with van der Waals surface area (Å²) in [6.07, 6.45) is -0.157. The van der Waals surface area contributed by atoms with Gasteiger partial charge in [-0.05, 0) is 54.8 Å². The van der Waals surface area contributed by atoms with Crippen molar-refractivity contribution in [3.63, 3.8) is 0 Å². The van der Waals surface area contributed by atoms with Gasteiger partial charge in [-0.15, -0.1) is 11.8 Å². The second-order valence-electron chi connectivity index (χ2n) is 11.0. The molecule has 43 heavy (non-hydrogen) atoms. The van der Waals surface area contributed by atoms with Crippen LogP contribution in [0.5, 0.6) is 0 Å². The summed E-state index contributed by atoms with van der Waals surface area (Å²) in [5, 5.41) is 15.2. The average molecular weight is 598 g/mol. The topological polar surface area (TPSA) is 146 Å². The lowest BCUT2D eigenvalue weighted by Crippen LogP contribution is -2.70. The van der Waals surface area contributed by atoms with E-state index in [0.717, 1.165) is 11.1 Å². The van der Waals surface area contributed by atoms with Crippen molar-refractivity contribution in [1.29, 1.82) is 0 Å². The summed E-state index contributed by atoms with van der Waals surface area (Å²) in [6, 6.07) is 21.4. The first kappa shape index (κ1) is 28.2. The van der Waals surface area contributed by atoms with Gasteiger partial charge < -0.3 is 25.1 Å². The van der Waals surface area contributed by atoms with Crippen LogP contribution in [0.3, 0.4) is 0 Å². The molecule has 3 amide bonds.